The van der Waals surface area contributed by atoms with Gasteiger partial charge in [-0.05, 0) is 62.8 Å². The van der Waals surface area contributed by atoms with Gasteiger partial charge in [0.1, 0.15) is 23.9 Å². The molecule has 2 rings (SSSR count). The normalized spacial score (nSPS) is 13.6. The lowest BCUT2D eigenvalue weighted by molar-refractivity contribution is -0.142. The Bertz CT molecular complexity index is 1200. The van der Waals surface area contributed by atoms with Crippen molar-refractivity contribution in [3.8, 4) is 5.75 Å². The highest BCUT2D eigenvalue weighted by Gasteiger charge is 2.30. The number of aliphatic imine (C=N–C) groups is 1. The Morgan fingerprint density at radius 2 is 1.51 bits per heavy atom. The number of hydrogen-bond donors (Lipinski definition) is 10. The predicted molar refractivity (Wildman–Crippen MR) is 158 cm³/mol. The molecule has 0 saturated heterocycles. The fraction of sp³-hybridized carbons (Fsp3) is 0.481. The van der Waals surface area contributed by atoms with Gasteiger partial charge >= 0.3 is 5.97 Å². The number of benzene rings is 1. The number of phenols is 1. The number of aromatic hydroxyl groups is 1. The van der Waals surface area contributed by atoms with E-state index in [1.807, 2.05) is 0 Å². The van der Waals surface area contributed by atoms with Crippen LogP contribution in [0, 0.1) is 0 Å². The van der Waals surface area contributed by atoms with Gasteiger partial charge in [0.25, 0.3) is 0 Å². The molecule has 1 aromatic heterocycles. The molecule has 1 heterocycles. The van der Waals surface area contributed by atoms with Crippen LogP contribution in [-0.4, -0.2) is 87.1 Å². The topological polar surface area (TPSA) is 290 Å². The summed E-state index contributed by atoms with van der Waals surface area (Å²) in [6.07, 6.45) is 4.66. The first-order valence-corrected chi connectivity index (χ1v) is 13.9. The molecular weight excluding hydrogens is 560 g/mol. The van der Waals surface area contributed by atoms with E-state index >= 15 is 0 Å². The van der Waals surface area contributed by atoms with E-state index in [0.29, 0.717) is 30.6 Å². The van der Waals surface area contributed by atoms with Crippen LogP contribution in [0.2, 0.25) is 0 Å². The number of phenolic OH excluding ortho intramolecular Hbond substituents is 1. The Balaban J connectivity index is 2.15. The number of carbonyl (C=O) groups is 4. The second-order valence-electron chi connectivity index (χ2n) is 10.0. The second-order valence-corrected chi connectivity index (χ2v) is 10.0. The number of unbranched alkanes of at least 4 members (excludes halogenated alkanes) is 1. The van der Waals surface area contributed by atoms with E-state index in [9.17, 15) is 29.4 Å². The molecule has 0 saturated carbocycles. The number of carbonyl (C=O) groups excluding carboxylic acids is 3. The van der Waals surface area contributed by atoms with Crippen molar-refractivity contribution in [2.45, 2.75) is 69.1 Å². The van der Waals surface area contributed by atoms with E-state index < -0.39 is 47.9 Å². The Labute approximate surface area is 249 Å². The fourth-order valence-corrected chi connectivity index (χ4v) is 4.15. The summed E-state index contributed by atoms with van der Waals surface area (Å²) in [6.45, 7) is 0.558. The number of carboxylic acids is 1. The molecule has 0 radical (unpaired) electrons. The van der Waals surface area contributed by atoms with E-state index in [2.05, 4.69) is 30.9 Å². The molecule has 1 aromatic carbocycles. The highest BCUT2D eigenvalue weighted by Crippen LogP contribution is 2.12. The standard InChI is InChI=1S/C27H42N10O6/c28-10-2-1-4-20(35-23(39)19(29)12-16-6-8-18(38)9-7-16)24(40)37-22(13-17-14-32-15-34-17)25(41)36-21(26(42)43)5-3-11-33-27(30)31/h6-9,14-15,19-22,38H,1-5,10-13,28-29H2,(H,32,34)(H,35,39)(H,36,41)(H,37,40)(H,42,43)(H4,30,31,33). The number of aliphatic carboxylic acids is 1. The molecule has 14 N–H and O–H groups in total. The number of rotatable bonds is 19. The highest BCUT2D eigenvalue weighted by atomic mass is 16.4. The molecule has 0 aliphatic rings. The molecule has 16 heteroatoms. The molecule has 4 unspecified atom stereocenters. The van der Waals surface area contributed by atoms with Crippen LogP contribution in [0.5, 0.6) is 5.75 Å². The van der Waals surface area contributed by atoms with Crippen LogP contribution in [-0.2, 0) is 32.0 Å². The van der Waals surface area contributed by atoms with Crippen LogP contribution < -0.4 is 38.9 Å². The Morgan fingerprint density at radius 1 is 0.884 bits per heavy atom. The minimum Gasteiger partial charge on any atom is -0.508 e. The average Bonchev–Trinajstić information content (AvgIpc) is 3.47. The molecule has 2 aromatic rings. The molecule has 16 nitrogen and oxygen atoms in total. The van der Waals surface area contributed by atoms with Crippen molar-refractivity contribution in [2.24, 2.45) is 27.9 Å². The number of aromatic amines is 1. The third-order valence-electron chi connectivity index (χ3n) is 6.48. The first-order chi connectivity index (χ1) is 20.5. The minimum atomic E-state index is -1.26. The van der Waals surface area contributed by atoms with Gasteiger partial charge in [-0.25, -0.2) is 9.78 Å². The number of guanidine groups is 1. The Morgan fingerprint density at radius 3 is 2.12 bits per heavy atom. The molecule has 0 aliphatic heterocycles. The maximum absolute atomic E-state index is 13.4. The number of amides is 3. The van der Waals surface area contributed by atoms with Crippen LogP contribution in [0.1, 0.15) is 43.4 Å². The van der Waals surface area contributed by atoms with Crippen molar-refractivity contribution in [3.05, 3.63) is 48.0 Å². The van der Waals surface area contributed by atoms with Gasteiger partial charge in [0.15, 0.2) is 5.96 Å². The number of H-pyrrole nitrogens is 1. The van der Waals surface area contributed by atoms with E-state index in [1.54, 1.807) is 12.1 Å². The SMILES string of the molecule is NCCCCC(NC(=O)C(N)Cc1ccc(O)cc1)C(=O)NC(Cc1cnc[nH]1)C(=O)NC(CCCN=C(N)N)C(=O)O. The summed E-state index contributed by atoms with van der Waals surface area (Å²) in [7, 11) is 0. The lowest BCUT2D eigenvalue weighted by Crippen LogP contribution is -2.57. The summed E-state index contributed by atoms with van der Waals surface area (Å²) in [6, 6.07) is 1.73. The van der Waals surface area contributed by atoms with E-state index in [0.717, 1.165) is 0 Å². The van der Waals surface area contributed by atoms with Gasteiger partial charge in [0.2, 0.25) is 17.7 Å². The number of carboxylic acid groups (broad SMARTS) is 1. The van der Waals surface area contributed by atoms with Crippen molar-refractivity contribution in [3.63, 3.8) is 0 Å². The number of hydrogen-bond acceptors (Lipinski definition) is 9. The third kappa shape index (κ3) is 12.8. The maximum Gasteiger partial charge on any atom is 0.326 e. The average molecular weight is 603 g/mol. The summed E-state index contributed by atoms with van der Waals surface area (Å²) >= 11 is 0. The number of imidazole rings is 1. The molecule has 4 atom stereocenters. The minimum absolute atomic E-state index is 0.0260. The van der Waals surface area contributed by atoms with Crippen LogP contribution in [0.4, 0.5) is 0 Å². The summed E-state index contributed by atoms with van der Waals surface area (Å²) in [4.78, 5) is 62.1. The van der Waals surface area contributed by atoms with Gasteiger partial charge in [-0.15, -0.1) is 0 Å². The van der Waals surface area contributed by atoms with Gasteiger partial charge < -0.3 is 54.1 Å². The zero-order chi connectivity index (χ0) is 31.8. The molecule has 43 heavy (non-hydrogen) atoms. The molecule has 0 spiro atoms. The van der Waals surface area contributed by atoms with Crippen molar-refractivity contribution in [1.82, 2.24) is 25.9 Å². The van der Waals surface area contributed by atoms with E-state index in [-0.39, 0.29) is 50.4 Å². The van der Waals surface area contributed by atoms with Crippen molar-refractivity contribution in [1.29, 1.82) is 0 Å². The smallest absolute Gasteiger partial charge is 0.326 e. The second kappa shape index (κ2) is 18.0. The number of nitrogens with zero attached hydrogens (tertiary/aromatic N) is 2. The number of nitrogens with two attached hydrogens (primary N) is 4. The fourth-order valence-electron chi connectivity index (χ4n) is 4.15. The van der Waals surface area contributed by atoms with Crippen molar-refractivity contribution < 1.29 is 29.4 Å². The van der Waals surface area contributed by atoms with Crippen molar-refractivity contribution in [2.75, 3.05) is 13.1 Å². The third-order valence-corrected chi connectivity index (χ3v) is 6.48. The lowest BCUT2D eigenvalue weighted by atomic mass is 10.0. The van der Waals surface area contributed by atoms with E-state index in [1.165, 1.54) is 24.7 Å². The molecule has 0 fully saturated rings. The summed E-state index contributed by atoms with van der Waals surface area (Å²) in [5, 5.41) is 26.9. The zero-order valence-corrected chi connectivity index (χ0v) is 23.9. The summed E-state index contributed by atoms with van der Waals surface area (Å²) in [5.41, 5.74) is 23.5. The monoisotopic (exact) mass is 602 g/mol. The van der Waals surface area contributed by atoms with Crippen LogP contribution in [0.3, 0.4) is 0 Å². The first-order valence-electron chi connectivity index (χ1n) is 13.9. The Kier molecular flexibility index (Phi) is 14.4. The van der Waals surface area contributed by atoms with Crippen LogP contribution >= 0.6 is 0 Å². The maximum atomic E-state index is 13.4. The Hall–Kier alpha value is -4.70. The highest BCUT2D eigenvalue weighted by molar-refractivity contribution is 5.94. The van der Waals surface area contributed by atoms with Crippen LogP contribution in [0.15, 0.2) is 41.8 Å². The summed E-state index contributed by atoms with van der Waals surface area (Å²) < 4.78 is 0. The van der Waals surface area contributed by atoms with Crippen molar-refractivity contribution >= 4 is 29.7 Å². The summed E-state index contributed by atoms with van der Waals surface area (Å²) in [5.74, 6) is -3.29. The zero-order valence-electron chi connectivity index (χ0n) is 23.9. The number of aromatic nitrogens is 2. The molecule has 3 amide bonds. The molecule has 0 bridgehead atoms. The first kappa shape index (κ1) is 34.5. The van der Waals surface area contributed by atoms with Gasteiger partial charge in [-0.1, -0.05) is 12.1 Å². The quantitative estimate of drug-likeness (QED) is 0.0474. The predicted octanol–water partition coefficient (Wildman–Crippen LogP) is -2.05. The van der Waals surface area contributed by atoms with Crippen LogP contribution in [0.25, 0.3) is 0 Å². The van der Waals surface area contributed by atoms with E-state index in [4.69, 9.17) is 22.9 Å². The molecular formula is C27H42N10O6. The number of nitrogens with one attached hydrogen (secondary N) is 4. The van der Waals surface area contributed by atoms with Gasteiger partial charge in [0, 0.05) is 24.9 Å². The van der Waals surface area contributed by atoms with Gasteiger partial charge in [0.05, 0.1) is 12.4 Å². The van der Waals surface area contributed by atoms with Gasteiger partial charge in [-0.3, -0.25) is 19.4 Å². The lowest BCUT2D eigenvalue weighted by Gasteiger charge is -2.25. The largest absolute Gasteiger partial charge is 0.508 e. The van der Waals surface area contributed by atoms with Gasteiger partial charge in [-0.2, -0.15) is 0 Å². The molecule has 0 aliphatic carbocycles. The molecule has 236 valence electrons.